The third-order valence-electron chi connectivity index (χ3n) is 2.08. The van der Waals surface area contributed by atoms with Gasteiger partial charge in [0.25, 0.3) is 0 Å². The quantitative estimate of drug-likeness (QED) is 0.763. The first-order valence-electron chi connectivity index (χ1n) is 4.76. The van der Waals surface area contributed by atoms with Gasteiger partial charge in [-0.25, -0.2) is 4.98 Å². The fourth-order valence-electron chi connectivity index (χ4n) is 1.14. The maximum absolute atomic E-state index is 11.2. The number of anilines is 1. The zero-order valence-electron chi connectivity index (χ0n) is 9.77. The van der Waals surface area contributed by atoms with Gasteiger partial charge < -0.3 is 16.8 Å². The highest BCUT2D eigenvalue weighted by atomic mass is 35.5. The summed E-state index contributed by atoms with van der Waals surface area (Å²) in [6, 6.07) is 3.06. The lowest BCUT2D eigenvalue weighted by atomic mass is 10.2. The van der Waals surface area contributed by atoms with Crippen molar-refractivity contribution in [1.29, 1.82) is 0 Å². The molecule has 1 atom stereocenters. The summed E-state index contributed by atoms with van der Waals surface area (Å²) < 4.78 is 0. The number of halogens is 2. The van der Waals surface area contributed by atoms with Crippen molar-refractivity contribution in [2.24, 2.45) is 5.73 Å². The highest BCUT2D eigenvalue weighted by Crippen LogP contribution is 2.07. The van der Waals surface area contributed by atoms with Crippen LogP contribution in [0.2, 0.25) is 0 Å². The van der Waals surface area contributed by atoms with E-state index in [4.69, 9.17) is 11.5 Å². The maximum Gasteiger partial charge on any atom is 0.236 e. The van der Waals surface area contributed by atoms with E-state index in [9.17, 15) is 4.79 Å². The van der Waals surface area contributed by atoms with Crippen LogP contribution >= 0.6 is 24.8 Å². The van der Waals surface area contributed by atoms with Gasteiger partial charge in [-0.2, -0.15) is 0 Å². The van der Waals surface area contributed by atoms with Crippen molar-refractivity contribution in [3.8, 4) is 0 Å². The molecule has 0 aliphatic heterocycles. The fraction of sp³-hybridized carbons (Fsp3) is 0.400. The van der Waals surface area contributed by atoms with Crippen molar-refractivity contribution < 1.29 is 4.79 Å². The second-order valence-electron chi connectivity index (χ2n) is 3.49. The minimum Gasteiger partial charge on any atom is -0.384 e. The maximum atomic E-state index is 11.2. The number of aryl methyl sites for hydroxylation is 1. The minimum absolute atomic E-state index is 0. The van der Waals surface area contributed by atoms with Crippen LogP contribution in [0.4, 0.5) is 5.82 Å². The van der Waals surface area contributed by atoms with Gasteiger partial charge in [0.15, 0.2) is 0 Å². The third kappa shape index (κ3) is 5.72. The molecule has 0 bridgehead atoms. The van der Waals surface area contributed by atoms with E-state index < -0.39 is 6.04 Å². The molecule has 0 fully saturated rings. The SMILES string of the molecule is Cc1nc(N)ccc1CNC(=O)C(C)N.Cl.Cl. The number of carbonyl (C=O) groups is 1. The number of hydrogen-bond acceptors (Lipinski definition) is 4. The van der Waals surface area contributed by atoms with E-state index in [1.165, 1.54) is 0 Å². The number of rotatable bonds is 3. The van der Waals surface area contributed by atoms with Crippen LogP contribution in [0.25, 0.3) is 0 Å². The number of pyridine rings is 1. The Kier molecular flexibility index (Phi) is 8.74. The standard InChI is InChI=1S/C10H16N4O.2ClH/c1-6(11)10(15)13-5-8-3-4-9(12)14-7(8)2;;/h3-4,6H,5,11H2,1-2H3,(H2,12,14)(H,13,15);2*1H. The number of nitrogens with two attached hydrogens (primary N) is 2. The van der Waals surface area contributed by atoms with Gasteiger partial charge in [-0.05, 0) is 25.5 Å². The number of nitrogens with one attached hydrogen (secondary N) is 1. The van der Waals surface area contributed by atoms with Crippen LogP contribution in [0.3, 0.4) is 0 Å². The smallest absolute Gasteiger partial charge is 0.236 e. The molecule has 1 aromatic heterocycles. The van der Waals surface area contributed by atoms with Crippen LogP contribution in [0.1, 0.15) is 18.2 Å². The first kappa shape index (κ1) is 18.3. The molecule has 17 heavy (non-hydrogen) atoms. The Morgan fingerprint density at radius 3 is 2.53 bits per heavy atom. The van der Waals surface area contributed by atoms with Crippen molar-refractivity contribution >= 4 is 36.5 Å². The lowest BCUT2D eigenvalue weighted by Crippen LogP contribution is -2.37. The molecule has 98 valence electrons. The number of nitrogen functional groups attached to an aromatic ring is 1. The van der Waals surface area contributed by atoms with Crippen LogP contribution in [0, 0.1) is 6.92 Å². The average molecular weight is 281 g/mol. The van der Waals surface area contributed by atoms with Gasteiger partial charge in [-0.1, -0.05) is 6.07 Å². The van der Waals surface area contributed by atoms with Crippen molar-refractivity contribution in [2.75, 3.05) is 5.73 Å². The monoisotopic (exact) mass is 280 g/mol. The predicted molar refractivity (Wildman–Crippen MR) is 73.4 cm³/mol. The largest absolute Gasteiger partial charge is 0.384 e. The third-order valence-corrected chi connectivity index (χ3v) is 2.08. The Balaban J connectivity index is 0. The van der Waals surface area contributed by atoms with E-state index in [0.717, 1.165) is 11.3 Å². The molecular weight excluding hydrogens is 263 g/mol. The van der Waals surface area contributed by atoms with Gasteiger partial charge in [0.05, 0.1) is 6.04 Å². The summed E-state index contributed by atoms with van der Waals surface area (Å²) in [5.41, 5.74) is 12.7. The van der Waals surface area contributed by atoms with Gasteiger partial charge in [-0.3, -0.25) is 4.79 Å². The molecule has 0 aromatic carbocycles. The number of amides is 1. The van der Waals surface area contributed by atoms with Crippen LogP contribution < -0.4 is 16.8 Å². The molecule has 1 heterocycles. The molecule has 0 radical (unpaired) electrons. The van der Waals surface area contributed by atoms with Crippen molar-refractivity contribution in [2.45, 2.75) is 26.4 Å². The molecular formula is C10H18Cl2N4O. The summed E-state index contributed by atoms with van der Waals surface area (Å²) in [4.78, 5) is 15.3. The summed E-state index contributed by atoms with van der Waals surface area (Å²) in [6.07, 6.45) is 0. The van der Waals surface area contributed by atoms with Gasteiger partial charge in [0, 0.05) is 12.2 Å². The van der Waals surface area contributed by atoms with Crippen molar-refractivity contribution in [3.05, 3.63) is 23.4 Å². The molecule has 5 N–H and O–H groups in total. The van der Waals surface area contributed by atoms with E-state index >= 15 is 0 Å². The minimum atomic E-state index is -0.493. The summed E-state index contributed by atoms with van der Waals surface area (Å²) in [5.74, 6) is 0.306. The molecule has 0 saturated heterocycles. The summed E-state index contributed by atoms with van der Waals surface area (Å²) >= 11 is 0. The average Bonchev–Trinajstić information content (AvgIpc) is 2.15. The number of hydrogen-bond donors (Lipinski definition) is 3. The number of carbonyl (C=O) groups excluding carboxylic acids is 1. The molecule has 7 heteroatoms. The molecule has 1 unspecified atom stereocenters. The molecule has 0 spiro atoms. The lowest BCUT2D eigenvalue weighted by Gasteiger charge is -2.09. The van der Waals surface area contributed by atoms with Gasteiger partial charge >= 0.3 is 0 Å². The second kappa shape index (κ2) is 8.11. The first-order valence-corrected chi connectivity index (χ1v) is 4.76. The van der Waals surface area contributed by atoms with E-state index in [1.807, 2.05) is 13.0 Å². The van der Waals surface area contributed by atoms with Crippen molar-refractivity contribution in [3.63, 3.8) is 0 Å². The second-order valence-corrected chi connectivity index (χ2v) is 3.49. The topological polar surface area (TPSA) is 94.0 Å². The Morgan fingerprint density at radius 2 is 2.06 bits per heavy atom. The molecule has 1 rings (SSSR count). The van der Waals surface area contributed by atoms with E-state index in [1.54, 1.807) is 13.0 Å². The van der Waals surface area contributed by atoms with Crippen LogP contribution in [0.15, 0.2) is 12.1 Å². The predicted octanol–water partition coefficient (Wildman–Crippen LogP) is 0.779. The Morgan fingerprint density at radius 1 is 1.47 bits per heavy atom. The summed E-state index contributed by atoms with van der Waals surface area (Å²) in [6.45, 7) is 3.92. The van der Waals surface area contributed by atoms with Gasteiger partial charge in [0.2, 0.25) is 5.91 Å². The highest BCUT2D eigenvalue weighted by Gasteiger charge is 2.07. The van der Waals surface area contributed by atoms with E-state index in [2.05, 4.69) is 10.3 Å². The number of aromatic nitrogens is 1. The Bertz CT molecular complexity index is 371. The highest BCUT2D eigenvalue weighted by molar-refractivity contribution is 5.85. The van der Waals surface area contributed by atoms with E-state index in [-0.39, 0.29) is 30.7 Å². The number of nitrogens with zero attached hydrogens (tertiary/aromatic N) is 1. The molecule has 1 aromatic rings. The zero-order valence-corrected chi connectivity index (χ0v) is 11.4. The van der Waals surface area contributed by atoms with E-state index in [0.29, 0.717) is 12.4 Å². The van der Waals surface area contributed by atoms with Crippen molar-refractivity contribution in [1.82, 2.24) is 10.3 Å². The molecule has 0 aliphatic rings. The van der Waals surface area contributed by atoms with Crippen LogP contribution in [-0.4, -0.2) is 16.9 Å². The van der Waals surface area contributed by atoms with Crippen LogP contribution in [0.5, 0.6) is 0 Å². The molecule has 1 amide bonds. The fourth-order valence-corrected chi connectivity index (χ4v) is 1.14. The summed E-state index contributed by atoms with van der Waals surface area (Å²) in [5, 5.41) is 2.71. The zero-order chi connectivity index (χ0) is 11.4. The molecule has 0 aliphatic carbocycles. The van der Waals surface area contributed by atoms with Crippen LogP contribution in [-0.2, 0) is 11.3 Å². The first-order chi connectivity index (χ1) is 7.00. The summed E-state index contributed by atoms with van der Waals surface area (Å²) in [7, 11) is 0. The Labute approximate surface area is 113 Å². The normalized spacial score (nSPS) is 10.8. The van der Waals surface area contributed by atoms with Gasteiger partial charge in [-0.15, -0.1) is 24.8 Å². The molecule has 5 nitrogen and oxygen atoms in total. The molecule has 0 saturated carbocycles. The van der Waals surface area contributed by atoms with Gasteiger partial charge in [0.1, 0.15) is 5.82 Å². The lowest BCUT2D eigenvalue weighted by molar-refractivity contribution is -0.122. The Hall–Kier alpha value is -1.04.